The van der Waals surface area contributed by atoms with Gasteiger partial charge in [-0.1, -0.05) is 30.3 Å². The molecular weight excluding hydrogens is 288 g/mol. The molecule has 0 aliphatic carbocycles. The van der Waals surface area contributed by atoms with Crippen LogP contribution in [0.25, 0.3) is 0 Å². The van der Waals surface area contributed by atoms with E-state index in [9.17, 15) is 9.90 Å². The SMILES string of the molecule is Cc1cc(C#N)ccc1C(=O)N(CCO)CCc1ccccc1. The number of hydrogen-bond acceptors (Lipinski definition) is 3. The molecule has 0 spiro atoms. The molecule has 23 heavy (non-hydrogen) atoms. The molecule has 4 nitrogen and oxygen atoms in total. The molecule has 0 bridgehead atoms. The Kier molecular flexibility index (Phi) is 5.90. The first-order valence-electron chi connectivity index (χ1n) is 7.60. The minimum absolute atomic E-state index is 0.0736. The molecule has 0 aliphatic heterocycles. The molecule has 0 saturated heterocycles. The molecular formula is C19H20N2O2. The first-order chi connectivity index (χ1) is 11.2. The van der Waals surface area contributed by atoms with Crippen molar-refractivity contribution in [3.8, 4) is 6.07 Å². The summed E-state index contributed by atoms with van der Waals surface area (Å²) in [6, 6.07) is 17.1. The van der Waals surface area contributed by atoms with Crippen molar-refractivity contribution in [3.63, 3.8) is 0 Å². The van der Waals surface area contributed by atoms with Gasteiger partial charge in [0, 0.05) is 18.7 Å². The minimum Gasteiger partial charge on any atom is -0.395 e. The van der Waals surface area contributed by atoms with Crippen molar-refractivity contribution in [2.45, 2.75) is 13.3 Å². The van der Waals surface area contributed by atoms with Crippen LogP contribution in [0.5, 0.6) is 0 Å². The number of hydrogen-bond donors (Lipinski definition) is 1. The molecule has 1 N–H and O–H groups in total. The molecule has 2 aromatic carbocycles. The predicted octanol–water partition coefficient (Wildman–Crippen LogP) is 2.54. The average molecular weight is 308 g/mol. The first kappa shape index (κ1) is 16.7. The Hall–Kier alpha value is -2.64. The lowest BCUT2D eigenvalue weighted by Gasteiger charge is -2.23. The van der Waals surface area contributed by atoms with Crippen LogP contribution in [-0.2, 0) is 6.42 Å². The van der Waals surface area contributed by atoms with E-state index in [0.717, 1.165) is 17.5 Å². The van der Waals surface area contributed by atoms with Gasteiger partial charge in [0.15, 0.2) is 0 Å². The van der Waals surface area contributed by atoms with Gasteiger partial charge in [-0.05, 0) is 42.7 Å². The third kappa shape index (κ3) is 4.41. The van der Waals surface area contributed by atoms with Crippen molar-refractivity contribution in [1.29, 1.82) is 5.26 Å². The van der Waals surface area contributed by atoms with E-state index in [1.807, 2.05) is 37.3 Å². The maximum Gasteiger partial charge on any atom is 0.254 e. The summed E-state index contributed by atoms with van der Waals surface area (Å²) in [5, 5.41) is 18.2. The first-order valence-corrected chi connectivity index (χ1v) is 7.60. The van der Waals surface area contributed by atoms with Gasteiger partial charge in [0.05, 0.1) is 18.2 Å². The lowest BCUT2D eigenvalue weighted by atomic mass is 10.0. The number of amides is 1. The highest BCUT2D eigenvalue weighted by Crippen LogP contribution is 2.14. The largest absolute Gasteiger partial charge is 0.395 e. The molecule has 0 unspecified atom stereocenters. The maximum atomic E-state index is 12.7. The van der Waals surface area contributed by atoms with Crippen LogP contribution < -0.4 is 0 Å². The Morgan fingerprint density at radius 1 is 1.17 bits per heavy atom. The number of carbonyl (C=O) groups is 1. The summed E-state index contributed by atoms with van der Waals surface area (Å²) >= 11 is 0. The fourth-order valence-electron chi connectivity index (χ4n) is 2.49. The predicted molar refractivity (Wildman–Crippen MR) is 89.0 cm³/mol. The summed E-state index contributed by atoms with van der Waals surface area (Å²) in [6.07, 6.45) is 0.738. The lowest BCUT2D eigenvalue weighted by Crippen LogP contribution is -2.35. The fourth-order valence-corrected chi connectivity index (χ4v) is 2.49. The molecule has 0 aromatic heterocycles. The van der Waals surface area contributed by atoms with Crippen molar-refractivity contribution in [2.24, 2.45) is 0 Å². The number of nitrogens with zero attached hydrogens (tertiary/aromatic N) is 2. The van der Waals surface area contributed by atoms with Gasteiger partial charge in [0.1, 0.15) is 0 Å². The Labute approximate surface area is 136 Å². The zero-order valence-corrected chi connectivity index (χ0v) is 13.2. The van der Waals surface area contributed by atoms with Crippen LogP contribution in [0, 0.1) is 18.3 Å². The summed E-state index contributed by atoms with van der Waals surface area (Å²) in [5.74, 6) is -0.114. The second-order valence-corrected chi connectivity index (χ2v) is 5.39. The summed E-state index contributed by atoms with van der Waals surface area (Å²) in [7, 11) is 0. The van der Waals surface area contributed by atoms with E-state index in [-0.39, 0.29) is 12.5 Å². The zero-order chi connectivity index (χ0) is 16.7. The highest BCUT2D eigenvalue weighted by molar-refractivity contribution is 5.95. The minimum atomic E-state index is -0.114. The van der Waals surface area contributed by atoms with Crippen LogP contribution in [0.4, 0.5) is 0 Å². The summed E-state index contributed by atoms with van der Waals surface area (Å²) in [4.78, 5) is 14.4. The second kappa shape index (κ2) is 8.11. The molecule has 1 amide bonds. The maximum absolute atomic E-state index is 12.7. The molecule has 0 radical (unpaired) electrons. The van der Waals surface area contributed by atoms with Crippen LogP contribution >= 0.6 is 0 Å². The molecule has 0 heterocycles. The molecule has 0 aliphatic rings. The summed E-state index contributed by atoms with van der Waals surface area (Å²) in [5.41, 5.74) is 3.04. The molecule has 2 aromatic rings. The fraction of sp³-hybridized carbons (Fsp3) is 0.263. The van der Waals surface area contributed by atoms with Gasteiger partial charge in [-0.25, -0.2) is 0 Å². The summed E-state index contributed by atoms with van der Waals surface area (Å²) < 4.78 is 0. The van der Waals surface area contributed by atoms with Crippen LogP contribution in [0.15, 0.2) is 48.5 Å². The van der Waals surface area contributed by atoms with Crippen molar-refractivity contribution < 1.29 is 9.90 Å². The quantitative estimate of drug-likeness (QED) is 0.892. The third-order valence-corrected chi connectivity index (χ3v) is 3.76. The monoisotopic (exact) mass is 308 g/mol. The zero-order valence-electron chi connectivity index (χ0n) is 13.2. The Morgan fingerprint density at radius 2 is 1.91 bits per heavy atom. The van der Waals surface area contributed by atoms with Crippen LogP contribution in [0.3, 0.4) is 0 Å². The van der Waals surface area contributed by atoms with E-state index in [0.29, 0.717) is 24.2 Å². The molecule has 4 heteroatoms. The van der Waals surface area contributed by atoms with E-state index in [4.69, 9.17) is 5.26 Å². The molecule has 2 rings (SSSR count). The molecule has 0 atom stereocenters. The molecule has 0 saturated carbocycles. The highest BCUT2D eigenvalue weighted by Gasteiger charge is 2.17. The average Bonchev–Trinajstić information content (AvgIpc) is 2.58. The van der Waals surface area contributed by atoms with Crippen LogP contribution in [0.2, 0.25) is 0 Å². The van der Waals surface area contributed by atoms with Crippen LogP contribution in [-0.4, -0.2) is 35.6 Å². The Morgan fingerprint density at radius 3 is 2.52 bits per heavy atom. The highest BCUT2D eigenvalue weighted by atomic mass is 16.3. The van der Waals surface area contributed by atoms with Gasteiger partial charge < -0.3 is 10.0 Å². The number of rotatable bonds is 6. The van der Waals surface area contributed by atoms with E-state index >= 15 is 0 Å². The topological polar surface area (TPSA) is 64.3 Å². The van der Waals surface area contributed by atoms with E-state index in [2.05, 4.69) is 6.07 Å². The van der Waals surface area contributed by atoms with E-state index < -0.39 is 0 Å². The lowest BCUT2D eigenvalue weighted by molar-refractivity contribution is 0.0723. The smallest absolute Gasteiger partial charge is 0.254 e. The van der Waals surface area contributed by atoms with Gasteiger partial charge >= 0.3 is 0 Å². The Bertz CT molecular complexity index is 705. The van der Waals surface area contributed by atoms with Gasteiger partial charge in [0.2, 0.25) is 0 Å². The van der Waals surface area contributed by atoms with Gasteiger partial charge in [0.25, 0.3) is 5.91 Å². The molecule has 118 valence electrons. The van der Waals surface area contributed by atoms with E-state index in [1.165, 1.54) is 0 Å². The van der Waals surface area contributed by atoms with Crippen molar-refractivity contribution >= 4 is 5.91 Å². The van der Waals surface area contributed by atoms with Crippen LogP contribution in [0.1, 0.15) is 27.0 Å². The van der Waals surface area contributed by atoms with E-state index in [1.54, 1.807) is 23.1 Å². The van der Waals surface area contributed by atoms with Crippen molar-refractivity contribution in [3.05, 3.63) is 70.8 Å². The number of nitriles is 1. The Balaban J connectivity index is 2.13. The van der Waals surface area contributed by atoms with Gasteiger partial charge in [-0.15, -0.1) is 0 Å². The molecule has 0 fully saturated rings. The van der Waals surface area contributed by atoms with Crippen molar-refractivity contribution in [1.82, 2.24) is 4.90 Å². The number of carbonyl (C=O) groups excluding carboxylic acids is 1. The van der Waals surface area contributed by atoms with Crippen molar-refractivity contribution in [2.75, 3.05) is 19.7 Å². The summed E-state index contributed by atoms with van der Waals surface area (Å²) in [6.45, 7) is 2.59. The third-order valence-electron chi connectivity index (χ3n) is 3.76. The number of aryl methyl sites for hydroxylation is 1. The number of aliphatic hydroxyl groups is 1. The number of aliphatic hydroxyl groups excluding tert-OH is 1. The second-order valence-electron chi connectivity index (χ2n) is 5.39. The normalized spacial score (nSPS) is 10.1. The van der Waals surface area contributed by atoms with Gasteiger partial charge in [-0.3, -0.25) is 4.79 Å². The number of benzene rings is 2. The van der Waals surface area contributed by atoms with Gasteiger partial charge in [-0.2, -0.15) is 5.26 Å². The standard InChI is InChI=1S/C19H20N2O2/c1-15-13-17(14-20)7-8-18(15)19(23)21(11-12-22)10-9-16-5-3-2-4-6-16/h2-8,13,22H,9-12H2,1H3.